The molecule has 0 bridgehead atoms. The van der Waals surface area contributed by atoms with Gasteiger partial charge in [-0.25, -0.2) is 4.79 Å². The molecule has 6 nitrogen and oxygen atoms in total. The van der Waals surface area contributed by atoms with Crippen molar-refractivity contribution in [2.45, 2.75) is 31.7 Å². The Bertz CT molecular complexity index is 646. The summed E-state index contributed by atoms with van der Waals surface area (Å²) < 4.78 is 5.08. The molecule has 1 aromatic carbocycles. The van der Waals surface area contributed by atoms with Gasteiger partial charge in [0, 0.05) is 22.5 Å². The van der Waals surface area contributed by atoms with Gasteiger partial charge in [-0.15, -0.1) is 0 Å². The molecule has 1 aromatic rings. The Balaban J connectivity index is 3.06. The van der Waals surface area contributed by atoms with Crippen LogP contribution in [0, 0.1) is 10.1 Å². The first-order chi connectivity index (χ1) is 10.1. The molecule has 22 heavy (non-hydrogen) atoms. The number of hydrogen-bond acceptors (Lipinski definition) is 5. The zero-order chi connectivity index (χ0) is 17.1. The lowest BCUT2D eigenvalue weighted by Gasteiger charge is -2.19. The minimum Gasteiger partial charge on any atom is -0.456 e. The maximum absolute atomic E-state index is 12.2. The van der Waals surface area contributed by atoms with Crippen LogP contribution in [-0.4, -0.2) is 22.3 Å². The molecule has 0 atom stereocenters. The minimum absolute atomic E-state index is 0.101. The lowest BCUT2D eigenvalue weighted by Crippen LogP contribution is -2.27. The average molecular weight is 370 g/mol. The number of carbonyl (C=O) groups is 2. The third-order valence-electron chi connectivity index (χ3n) is 2.60. The van der Waals surface area contributed by atoms with E-state index in [1.165, 1.54) is 18.2 Å². The van der Waals surface area contributed by atoms with Crippen LogP contribution >= 0.6 is 15.9 Å². The maximum Gasteiger partial charge on any atom is 0.342 e. The number of nitro groups is 1. The van der Waals surface area contributed by atoms with Gasteiger partial charge < -0.3 is 4.74 Å². The van der Waals surface area contributed by atoms with Crippen molar-refractivity contribution in [3.8, 4) is 0 Å². The zero-order valence-electron chi connectivity index (χ0n) is 12.5. The van der Waals surface area contributed by atoms with Crippen molar-refractivity contribution in [3.63, 3.8) is 0 Å². The molecule has 0 radical (unpaired) electrons. The third-order valence-corrected chi connectivity index (χ3v) is 3.21. The summed E-state index contributed by atoms with van der Waals surface area (Å²) in [6, 6.07) is 3.89. The highest BCUT2D eigenvalue weighted by Crippen LogP contribution is 2.24. The average Bonchev–Trinajstić information content (AvgIpc) is 2.42. The van der Waals surface area contributed by atoms with Gasteiger partial charge in [0.25, 0.3) is 5.69 Å². The van der Waals surface area contributed by atoms with E-state index in [1.807, 2.05) is 0 Å². The first kappa shape index (κ1) is 18.0. The van der Waals surface area contributed by atoms with E-state index >= 15 is 0 Å². The summed E-state index contributed by atoms with van der Waals surface area (Å²) in [6.45, 7) is 8.49. The number of alkyl halides is 1. The molecule has 0 unspecified atom stereocenters. The maximum atomic E-state index is 12.2. The molecule has 0 spiro atoms. The number of esters is 1. The Morgan fingerprint density at radius 2 is 1.95 bits per heavy atom. The monoisotopic (exact) mass is 369 g/mol. The lowest BCUT2D eigenvalue weighted by atomic mass is 10.0. The predicted molar refractivity (Wildman–Crippen MR) is 85.0 cm³/mol. The summed E-state index contributed by atoms with van der Waals surface area (Å²) in [5.74, 6) is -1.43. The van der Waals surface area contributed by atoms with Gasteiger partial charge in [-0.1, -0.05) is 22.5 Å². The zero-order valence-corrected chi connectivity index (χ0v) is 14.1. The highest BCUT2D eigenvalue weighted by Gasteiger charge is 2.25. The molecule has 0 N–H and O–H groups in total. The van der Waals surface area contributed by atoms with Crippen molar-refractivity contribution in [1.29, 1.82) is 0 Å². The van der Waals surface area contributed by atoms with Crippen molar-refractivity contribution in [3.05, 3.63) is 51.6 Å². The highest BCUT2D eigenvalue weighted by atomic mass is 79.9. The summed E-state index contributed by atoms with van der Waals surface area (Å²) in [6.07, 6.45) is 0. The van der Waals surface area contributed by atoms with E-state index in [2.05, 4.69) is 22.5 Å². The van der Waals surface area contributed by atoms with Crippen LogP contribution in [0.25, 0.3) is 0 Å². The summed E-state index contributed by atoms with van der Waals surface area (Å²) >= 11 is 3.14. The largest absolute Gasteiger partial charge is 0.456 e. The molecular formula is C15H16BrNO5. The van der Waals surface area contributed by atoms with E-state index in [9.17, 15) is 19.7 Å². The molecule has 7 heteroatoms. The van der Waals surface area contributed by atoms with Crippen LogP contribution < -0.4 is 0 Å². The number of rotatable bonds is 5. The van der Waals surface area contributed by atoms with Crippen molar-refractivity contribution in [2.24, 2.45) is 0 Å². The van der Waals surface area contributed by atoms with E-state index < -0.39 is 22.3 Å². The first-order valence-corrected chi connectivity index (χ1v) is 7.49. The number of Topliss-reactive ketones (excluding diaryl/α,β-unsaturated/α-hetero) is 1. The van der Waals surface area contributed by atoms with Gasteiger partial charge in [0.15, 0.2) is 5.78 Å². The molecule has 0 aliphatic carbocycles. The second-order valence-corrected chi connectivity index (χ2v) is 6.10. The molecule has 1 rings (SSSR count). The predicted octanol–water partition coefficient (Wildman–Crippen LogP) is 3.57. The second kappa shape index (κ2) is 6.83. The smallest absolute Gasteiger partial charge is 0.342 e. The summed E-state index contributed by atoms with van der Waals surface area (Å²) in [4.78, 5) is 34.4. The van der Waals surface area contributed by atoms with Gasteiger partial charge in [-0.05, 0) is 32.9 Å². The van der Waals surface area contributed by atoms with E-state index in [0.717, 1.165) is 0 Å². The van der Waals surface area contributed by atoms with Crippen molar-refractivity contribution >= 4 is 33.4 Å². The standard InChI is InChI=1S/C15H16BrNO5/c1-9(14(19)22-15(2,3)4)13(18)10-5-6-12(17(20)21)11(7-10)8-16/h5-7H,1,8H2,2-4H3. The number of ether oxygens (including phenoxy) is 1. The van der Waals surface area contributed by atoms with Gasteiger partial charge in [-0.3, -0.25) is 14.9 Å². The molecule has 0 aromatic heterocycles. The van der Waals surface area contributed by atoms with Gasteiger partial charge in [0.05, 0.1) is 4.92 Å². The van der Waals surface area contributed by atoms with Crippen LogP contribution in [0.3, 0.4) is 0 Å². The van der Waals surface area contributed by atoms with Crippen LogP contribution in [0.2, 0.25) is 0 Å². The molecular weight excluding hydrogens is 354 g/mol. The number of ketones is 1. The second-order valence-electron chi connectivity index (χ2n) is 5.54. The Morgan fingerprint density at radius 3 is 2.41 bits per heavy atom. The minimum atomic E-state index is -0.809. The summed E-state index contributed by atoms with van der Waals surface area (Å²) in [7, 11) is 0. The molecule has 0 saturated carbocycles. The van der Waals surface area contributed by atoms with Crippen molar-refractivity contribution in [1.82, 2.24) is 0 Å². The van der Waals surface area contributed by atoms with Gasteiger partial charge >= 0.3 is 5.97 Å². The number of hydrogen-bond donors (Lipinski definition) is 0. The van der Waals surface area contributed by atoms with E-state index in [0.29, 0.717) is 5.56 Å². The van der Waals surface area contributed by atoms with Gasteiger partial charge in [-0.2, -0.15) is 0 Å². The number of nitrogens with zero attached hydrogens (tertiary/aromatic N) is 1. The molecule has 0 amide bonds. The Hall–Kier alpha value is -2.02. The van der Waals surface area contributed by atoms with Crippen LogP contribution in [0.5, 0.6) is 0 Å². The molecule has 0 aliphatic heterocycles. The number of nitro benzene ring substituents is 1. The fraction of sp³-hybridized carbons (Fsp3) is 0.333. The summed E-state index contributed by atoms with van der Waals surface area (Å²) in [5.41, 5.74) is -0.666. The van der Waals surface area contributed by atoms with E-state index in [4.69, 9.17) is 4.74 Å². The topological polar surface area (TPSA) is 86.5 Å². The molecule has 118 valence electrons. The molecule has 0 fully saturated rings. The lowest BCUT2D eigenvalue weighted by molar-refractivity contribution is -0.385. The first-order valence-electron chi connectivity index (χ1n) is 6.37. The van der Waals surface area contributed by atoms with Crippen LogP contribution in [0.15, 0.2) is 30.4 Å². The van der Waals surface area contributed by atoms with Gasteiger partial charge in [0.1, 0.15) is 11.2 Å². The van der Waals surface area contributed by atoms with Crippen LogP contribution in [0.1, 0.15) is 36.7 Å². The Kier molecular flexibility index (Phi) is 5.59. The van der Waals surface area contributed by atoms with E-state index in [1.54, 1.807) is 20.8 Å². The van der Waals surface area contributed by atoms with E-state index in [-0.39, 0.29) is 22.2 Å². The van der Waals surface area contributed by atoms with Crippen molar-refractivity contribution < 1.29 is 19.2 Å². The quantitative estimate of drug-likeness (QED) is 0.116. The van der Waals surface area contributed by atoms with Gasteiger partial charge in [0.2, 0.25) is 0 Å². The number of halogens is 1. The fourth-order valence-corrected chi connectivity index (χ4v) is 2.07. The molecule has 0 heterocycles. The Morgan fingerprint density at radius 1 is 1.36 bits per heavy atom. The van der Waals surface area contributed by atoms with Crippen LogP contribution in [-0.2, 0) is 14.9 Å². The number of benzene rings is 1. The SMILES string of the molecule is C=C(C(=O)OC(C)(C)C)C(=O)c1ccc([N+](=O)[O-])c(CBr)c1. The van der Waals surface area contributed by atoms with Crippen molar-refractivity contribution in [2.75, 3.05) is 0 Å². The molecule has 0 aliphatic rings. The third kappa shape index (κ3) is 4.49. The number of carbonyl (C=O) groups excluding carboxylic acids is 2. The highest BCUT2D eigenvalue weighted by molar-refractivity contribution is 9.08. The normalized spacial score (nSPS) is 10.9. The summed E-state index contributed by atoms with van der Waals surface area (Å²) in [5, 5.41) is 11.1. The van der Waals surface area contributed by atoms with Crippen LogP contribution in [0.4, 0.5) is 5.69 Å². The molecule has 0 saturated heterocycles. The fourth-order valence-electron chi connectivity index (χ4n) is 1.62. The Labute approximate surface area is 136 Å².